The molecule has 0 aliphatic carbocycles. The molecule has 3 nitrogen and oxygen atoms in total. The predicted molar refractivity (Wildman–Crippen MR) is 56.0 cm³/mol. The number of nitrogens with zero attached hydrogens (tertiary/aromatic N) is 1. The molecule has 3 heteroatoms. The van der Waals surface area contributed by atoms with Crippen LogP contribution in [0.15, 0.2) is 30.6 Å². The Morgan fingerprint density at radius 1 is 1.29 bits per heavy atom. The quantitative estimate of drug-likeness (QED) is 0.719. The Hall–Kier alpha value is -1.61. The molecule has 0 radical (unpaired) electrons. The average molecular weight is 188 g/mol. The Bertz CT molecular complexity index is 466. The number of nitrogens with two attached hydrogens (primary N) is 1. The van der Waals surface area contributed by atoms with Crippen molar-refractivity contribution < 1.29 is 5.11 Å². The van der Waals surface area contributed by atoms with Crippen LogP contribution in [0, 0.1) is 0 Å². The van der Waals surface area contributed by atoms with Crippen molar-refractivity contribution in [1.82, 2.24) is 4.98 Å². The second-order valence-corrected chi connectivity index (χ2v) is 3.38. The van der Waals surface area contributed by atoms with E-state index in [9.17, 15) is 5.11 Å². The van der Waals surface area contributed by atoms with Crippen molar-refractivity contribution in [3.05, 3.63) is 36.2 Å². The molecule has 0 amide bonds. The van der Waals surface area contributed by atoms with Crippen LogP contribution in [0.3, 0.4) is 0 Å². The van der Waals surface area contributed by atoms with Crippen LogP contribution in [0.2, 0.25) is 0 Å². The van der Waals surface area contributed by atoms with Crippen molar-refractivity contribution in [1.29, 1.82) is 0 Å². The van der Waals surface area contributed by atoms with Crippen molar-refractivity contribution in [2.45, 2.75) is 13.0 Å². The molecule has 72 valence electrons. The van der Waals surface area contributed by atoms with Gasteiger partial charge in [0.1, 0.15) is 5.75 Å². The average Bonchev–Trinajstić information content (AvgIpc) is 2.18. The Balaban J connectivity index is 2.82. The molecule has 2 aromatic rings. The van der Waals surface area contributed by atoms with Gasteiger partial charge in [-0.15, -0.1) is 0 Å². The maximum absolute atomic E-state index is 9.61. The fourth-order valence-corrected chi connectivity index (χ4v) is 1.59. The molecule has 14 heavy (non-hydrogen) atoms. The summed E-state index contributed by atoms with van der Waals surface area (Å²) in [5.41, 5.74) is 6.83. The Morgan fingerprint density at radius 3 is 2.79 bits per heavy atom. The number of pyridine rings is 1. The van der Waals surface area contributed by atoms with E-state index in [4.69, 9.17) is 5.73 Å². The van der Waals surface area contributed by atoms with Crippen LogP contribution in [0.25, 0.3) is 10.8 Å². The first-order valence-corrected chi connectivity index (χ1v) is 4.51. The van der Waals surface area contributed by atoms with Crippen molar-refractivity contribution in [2.24, 2.45) is 5.73 Å². The van der Waals surface area contributed by atoms with Crippen molar-refractivity contribution in [2.75, 3.05) is 0 Å². The summed E-state index contributed by atoms with van der Waals surface area (Å²) in [6, 6.07) is 5.24. The van der Waals surface area contributed by atoms with Crippen molar-refractivity contribution in [3.63, 3.8) is 0 Å². The van der Waals surface area contributed by atoms with Crippen LogP contribution in [-0.2, 0) is 0 Å². The van der Waals surface area contributed by atoms with Gasteiger partial charge in [-0.05, 0) is 24.6 Å². The lowest BCUT2D eigenvalue weighted by Crippen LogP contribution is -2.05. The van der Waals surface area contributed by atoms with Crippen LogP contribution >= 0.6 is 0 Å². The fraction of sp³-hybridized carbons (Fsp3) is 0.182. The summed E-state index contributed by atoms with van der Waals surface area (Å²) in [5, 5.41) is 11.3. The summed E-state index contributed by atoms with van der Waals surface area (Å²) in [5.74, 6) is 0.270. The van der Waals surface area contributed by atoms with E-state index in [-0.39, 0.29) is 11.8 Å². The molecule has 2 rings (SSSR count). The van der Waals surface area contributed by atoms with Crippen molar-refractivity contribution >= 4 is 10.8 Å². The second kappa shape index (κ2) is 3.27. The number of hydrogen-bond acceptors (Lipinski definition) is 3. The first-order valence-electron chi connectivity index (χ1n) is 4.51. The molecule has 0 saturated heterocycles. The molecule has 0 fully saturated rings. The molecule has 1 heterocycles. The minimum absolute atomic E-state index is 0.0534. The van der Waals surface area contributed by atoms with Gasteiger partial charge in [0, 0.05) is 29.2 Å². The number of phenolic OH excluding ortho intramolecular Hbond substituents is 1. The van der Waals surface area contributed by atoms with Gasteiger partial charge < -0.3 is 10.8 Å². The molecule has 0 spiro atoms. The Labute approximate surface area is 82.2 Å². The number of aromatic hydroxyl groups is 1. The van der Waals surface area contributed by atoms with E-state index in [1.165, 1.54) is 0 Å². The third-order valence-corrected chi connectivity index (χ3v) is 2.32. The van der Waals surface area contributed by atoms with Gasteiger partial charge in [0.05, 0.1) is 0 Å². The zero-order valence-electron chi connectivity index (χ0n) is 7.94. The van der Waals surface area contributed by atoms with E-state index in [2.05, 4.69) is 4.98 Å². The Morgan fingerprint density at radius 2 is 2.07 bits per heavy atom. The molecule has 0 aliphatic heterocycles. The smallest absolute Gasteiger partial charge is 0.123 e. The van der Waals surface area contributed by atoms with E-state index < -0.39 is 0 Å². The summed E-state index contributed by atoms with van der Waals surface area (Å²) >= 11 is 0. The zero-order chi connectivity index (χ0) is 10.1. The molecule has 0 saturated carbocycles. The van der Waals surface area contributed by atoms with Crippen LogP contribution in [-0.4, -0.2) is 10.1 Å². The SMILES string of the molecule is CC(N)c1ccc(O)c2ccncc12. The van der Waals surface area contributed by atoms with E-state index >= 15 is 0 Å². The van der Waals surface area contributed by atoms with Gasteiger partial charge >= 0.3 is 0 Å². The molecule has 0 aliphatic rings. The van der Waals surface area contributed by atoms with E-state index in [0.717, 1.165) is 16.3 Å². The lowest BCUT2D eigenvalue weighted by molar-refractivity contribution is 0.481. The monoisotopic (exact) mass is 188 g/mol. The molecule has 0 bridgehead atoms. The van der Waals surface area contributed by atoms with Crippen LogP contribution < -0.4 is 5.73 Å². The first kappa shape index (κ1) is 8.97. The lowest BCUT2D eigenvalue weighted by atomic mass is 10.0. The highest BCUT2D eigenvalue weighted by atomic mass is 16.3. The summed E-state index contributed by atoms with van der Waals surface area (Å²) in [6.45, 7) is 1.92. The van der Waals surface area contributed by atoms with Gasteiger partial charge in [-0.3, -0.25) is 4.98 Å². The summed E-state index contributed by atoms with van der Waals surface area (Å²) in [4.78, 5) is 4.03. The van der Waals surface area contributed by atoms with Crippen molar-refractivity contribution in [3.8, 4) is 5.75 Å². The molecule has 3 N–H and O–H groups in total. The van der Waals surface area contributed by atoms with E-state index in [0.29, 0.717) is 0 Å². The number of benzene rings is 1. The second-order valence-electron chi connectivity index (χ2n) is 3.38. The van der Waals surface area contributed by atoms with Crippen LogP contribution in [0.4, 0.5) is 0 Å². The predicted octanol–water partition coefficient (Wildman–Crippen LogP) is 1.96. The number of rotatable bonds is 1. The minimum atomic E-state index is -0.0534. The topological polar surface area (TPSA) is 59.1 Å². The van der Waals surface area contributed by atoms with E-state index in [1.54, 1.807) is 24.5 Å². The molecular weight excluding hydrogens is 176 g/mol. The fourth-order valence-electron chi connectivity index (χ4n) is 1.59. The molecule has 1 atom stereocenters. The molecule has 1 unspecified atom stereocenters. The highest BCUT2D eigenvalue weighted by molar-refractivity contribution is 5.90. The normalized spacial score (nSPS) is 13.0. The third-order valence-electron chi connectivity index (χ3n) is 2.32. The van der Waals surface area contributed by atoms with Gasteiger partial charge in [0.15, 0.2) is 0 Å². The van der Waals surface area contributed by atoms with Gasteiger partial charge in [0.2, 0.25) is 0 Å². The number of phenols is 1. The van der Waals surface area contributed by atoms with Gasteiger partial charge in [-0.25, -0.2) is 0 Å². The summed E-state index contributed by atoms with van der Waals surface area (Å²) in [7, 11) is 0. The highest BCUT2D eigenvalue weighted by Crippen LogP contribution is 2.28. The Kier molecular flexibility index (Phi) is 2.09. The minimum Gasteiger partial charge on any atom is -0.507 e. The number of fused-ring (bicyclic) bond motifs is 1. The van der Waals surface area contributed by atoms with Crippen LogP contribution in [0.1, 0.15) is 18.5 Å². The highest BCUT2D eigenvalue weighted by Gasteiger charge is 2.07. The maximum Gasteiger partial charge on any atom is 0.123 e. The maximum atomic E-state index is 9.61. The number of aromatic nitrogens is 1. The standard InChI is InChI=1S/C11H12N2O/c1-7(12)8-2-3-11(14)9-4-5-13-6-10(8)9/h2-7,14H,12H2,1H3. The number of hydrogen-bond donors (Lipinski definition) is 2. The summed E-state index contributed by atoms with van der Waals surface area (Å²) in [6.07, 6.45) is 3.39. The zero-order valence-corrected chi connectivity index (χ0v) is 7.94. The lowest BCUT2D eigenvalue weighted by Gasteiger charge is -2.10. The third kappa shape index (κ3) is 1.32. The van der Waals surface area contributed by atoms with Gasteiger partial charge in [0.25, 0.3) is 0 Å². The van der Waals surface area contributed by atoms with Gasteiger partial charge in [-0.2, -0.15) is 0 Å². The van der Waals surface area contributed by atoms with E-state index in [1.807, 2.05) is 13.0 Å². The largest absolute Gasteiger partial charge is 0.507 e. The molecule has 1 aromatic carbocycles. The van der Waals surface area contributed by atoms with Gasteiger partial charge in [-0.1, -0.05) is 6.07 Å². The first-order chi connectivity index (χ1) is 6.70. The summed E-state index contributed by atoms with van der Waals surface area (Å²) < 4.78 is 0. The van der Waals surface area contributed by atoms with Crippen LogP contribution in [0.5, 0.6) is 5.75 Å². The molecule has 1 aromatic heterocycles. The molecular formula is C11H12N2O.